The van der Waals surface area contributed by atoms with Crippen LogP contribution in [0.5, 0.6) is 0 Å². The fourth-order valence-corrected chi connectivity index (χ4v) is 4.40. The number of nitrogens with one attached hydrogen (secondary N) is 1. The minimum atomic E-state index is -3.55. The van der Waals surface area contributed by atoms with Crippen LogP contribution in [0.1, 0.15) is 26.2 Å². The number of carbonyl (C=O) groups excluding carboxylic acids is 1. The summed E-state index contributed by atoms with van der Waals surface area (Å²) in [6.07, 6.45) is 1.45. The maximum atomic E-state index is 12.7. The number of carbonyl (C=O) groups is 1. The molecule has 0 unspecified atom stereocenters. The minimum Gasteiger partial charge on any atom is -0.347 e. The number of sulfonamides is 1. The number of amides is 1. The second-order valence-corrected chi connectivity index (χ2v) is 7.88. The lowest BCUT2D eigenvalue weighted by Crippen LogP contribution is -2.47. The molecule has 0 atom stereocenters. The van der Waals surface area contributed by atoms with Gasteiger partial charge in [0.2, 0.25) is 15.9 Å². The zero-order valence-corrected chi connectivity index (χ0v) is 14.5. The molecule has 1 spiro atoms. The fraction of sp³-hybridized carbons (Fsp3) is 0.562. The summed E-state index contributed by atoms with van der Waals surface area (Å²) in [6.45, 7) is 3.64. The van der Waals surface area contributed by atoms with E-state index in [0.717, 1.165) is 0 Å². The zero-order valence-electron chi connectivity index (χ0n) is 13.7. The molecule has 7 nitrogen and oxygen atoms in total. The van der Waals surface area contributed by atoms with Gasteiger partial charge in [0, 0.05) is 38.0 Å². The van der Waals surface area contributed by atoms with Crippen molar-refractivity contribution in [3.05, 3.63) is 24.3 Å². The topological polar surface area (TPSA) is 84.9 Å². The third kappa shape index (κ3) is 3.46. The Bertz CT molecular complexity index is 686. The lowest BCUT2D eigenvalue weighted by atomic mass is 10.1. The summed E-state index contributed by atoms with van der Waals surface area (Å²) in [6, 6.07) is 6.26. The predicted molar refractivity (Wildman–Crippen MR) is 88.0 cm³/mol. The van der Waals surface area contributed by atoms with Gasteiger partial charge in [-0.25, -0.2) is 8.42 Å². The first-order valence-corrected chi connectivity index (χ1v) is 9.57. The summed E-state index contributed by atoms with van der Waals surface area (Å²) < 4.78 is 38.2. The third-order valence-electron chi connectivity index (χ3n) is 4.39. The van der Waals surface area contributed by atoms with E-state index in [0.29, 0.717) is 51.3 Å². The Morgan fingerprint density at radius 3 is 2.29 bits per heavy atom. The van der Waals surface area contributed by atoms with Gasteiger partial charge in [-0.3, -0.25) is 4.79 Å². The average molecular weight is 354 g/mol. The number of hydrogen-bond donors (Lipinski definition) is 1. The Balaban J connectivity index is 1.68. The molecule has 132 valence electrons. The van der Waals surface area contributed by atoms with E-state index in [1.165, 1.54) is 16.4 Å². The van der Waals surface area contributed by atoms with Crippen LogP contribution >= 0.6 is 0 Å². The van der Waals surface area contributed by atoms with Crippen LogP contribution in [0.15, 0.2) is 29.2 Å². The molecule has 1 aromatic rings. The van der Waals surface area contributed by atoms with Gasteiger partial charge in [-0.15, -0.1) is 0 Å². The lowest BCUT2D eigenvalue weighted by molar-refractivity contribution is -0.179. The Morgan fingerprint density at radius 1 is 1.17 bits per heavy atom. The quantitative estimate of drug-likeness (QED) is 0.887. The van der Waals surface area contributed by atoms with Crippen LogP contribution in [0, 0.1) is 0 Å². The maximum Gasteiger partial charge on any atom is 0.243 e. The molecule has 24 heavy (non-hydrogen) atoms. The van der Waals surface area contributed by atoms with E-state index in [-0.39, 0.29) is 10.8 Å². The molecule has 0 aromatic heterocycles. The molecule has 0 aliphatic carbocycles. The molecular formula is C16H22N2O5S. The van der Waals surface area contributed by atoms with Crippen molar-refractivity contribution in [3.63, 3.8) is 0 Å². The lowest BCUT2D eigenvalue weighted by Gasteiger charge is -2.36. The molecule has 0 radical (unpaired) electrons. The van der Waals surface area contributed by atoms with Crippen molar-refractivity contribution in [2.24, 2.45) is 0 Å². The second-order valence-electron chi connectivity index (χ2n) is 5.94. The number of piperidine rings is 1. The fourth-order valence-electron chi connectivity index (χ4n) is 2.96. The molecule has 0 saturated carbocycles. The van der Waals surface area contributed by atoms with Gasteiger partial charge in [0.1, 0.15) is 0 Å². The number of anilines is 1. The highest BCUT2D eigenvalue weighted by atomic mass is 32.2. The highest BCUT2D eigenvalue weighted by molar-refractivity contribution is 7.89. The third-order valence-corrected chi connectivity index (χ3v) is 6.31. The van der Waals surface area contributed by atoms with Gasteiger partial charge < -0.3 is 14.8 Å². The van der Waals surface area contributed by atoms with E-state index in [2.05, 4.69) is 5.32 Å². The van der Waals surface area contributed by atoms with Crippen LogP contribution in [0.4, 0.5) is 5.69 Å². The summed E-state index contributed by atoms with van der Waals surface area (Å²) in [4.78, 5) is 11.6. The van der Waals surface area contributed by atoms with Crippen molar-refractivity contribution in [1.82, 2.24) is 4.31 Å². The van der Waals surface area contributed by atoms with E-state index in [1.807, 2.05) is 0 Å². The summed E-state index contributed by atoms with van der Waals surface area (Å²) >= 11 is 0. The normalized spacial score (nSPS) is 21.0. The van der Waals surface area contributed by atoms with Gasteiger partial charge in [-0.1, -0.05) is 6.92 Å². The Labute approximate surface area is 142 Å². The molecule has 3 rings (SSSR count). The van der Waals surface area contributed by atoms with Gasteiger partial charge >= 0.3 is 0 Å². The molecule has 1 aromatic carbocycles. The minimum absolute atomic E-state index is 0.108. The number of ether oxygens (including phenoxy) is 2. The number of hydrogen-bond acceptors (Lipinski definition) is 5. The molecule has 1 N–H and O–H groups in total. The van der Waals surface area contributed by atoms with Gasteiger partial charge in [0.15, 0.2) is 5.79 Å². The summed E-state index contributed by atoms with van der Waals surface area (Å²) in [7, 11) is -3.55. The maximum absolute atomic E-state index is 12.7. The molecule has 8 heteroatoms. The van der Waals surface area contributed by atoms with Crippen LogP contribution in [0.3, 0.4) is 0 Å². The molecule has 2 aliphatic rings. The van der Waals surface area contributed by atoms with Crippen molar-refractivity contribution in [1.29, 1.82) is 0 Å². The van der Waals surface area contributed by atoms with Gasteiger partial charge in [0.25, 0.3) is 0 Å². The van der Waals surface area contributed by atoms with Crippen molar-refractivity contribution in [2.75, 3.05) is 31.6 Å². The van der Waals surface area contributed by atoms with Crippen LogP contribution in [0.2, 0.25) is 0 Å². The highest BCUT2D eigenvalue weighted by Crippen LogP contribution is 2.33. The van der Waals surface area contributed by atoms with E-state index in [1.54, 1.807) is 19.1 Å². The Morgan fingerprint density at radius 2 is 1.75 bits per heavy atom. The van der Waals surface area contributed by atoms with E-state index in [4.69, 9.17) is 9.47 Å². The summed E-state index contributed by atoms with van der Waals surface area (Å²) in [5, 5.41) is 2.70. The summed E-state index contributed by atoms with van der Waals surface area (Å²) in [5.74, 6) is -0.705. The van der Waals surface area contributed by atoms with Crippen molar-refractivity contribution in [2.45, 2.75) is 36.9 Å². The first-order chi connectivity index (χ1) is 11.5. The Kier molecular flexibility index (Phi) is 4.91. The number of nitrogens with zero attached hydrogens (tertiary/aromatic N) is 1. The van der Waals surface area contributed by atoms with Crippen LogP contribution < -0.4 is 5.32 Å². The van der Waals surface area contributed by atoms with Crippen molar-refractivity contribution in [3.8, 4) is 0 Å². The first kappa shape index (κ1) is 17.3. The standard InChI is InChI=1S/C16H22N2O5S/c1-2-15(19)17-13-3-5-14(6-4-13)24(20,21)18-9-7-16(8-10-18)22-11-12-23-16/h3-6H,2,7-12H2,1H3,(H,17,19). The van der Waals surface area contributed by atoms with Crippen LogP contribution in [-0.2, 0) is 24.3 Å². The molecule has 2 saturated heterocycles. The van der Waals surface area contributed by atoms with E-state index in [9.17, 15) is 13.2 Å². The smallest absolute Gasteiger partial charge is 0.243 e. The number of benzene rings is 1. The van der Waals surface area contributed by atoms with Gasteiger partial charge in [0.05, 0.1) is 18.1 Å². The monoisotopic (exact) mass is 354 g/mol. The predicted octanol–water partition coefficient (Wildman–Crippen LogP) is 1.56. The van der Waals surface area contributed by atoms with E-state index < -0.39 is 15.8 Å². The van der Waals surface area contributed by atoms with Gasteiger partial charge in [-0.05, 0) is 24.3 Å². The molecule has 2 fully saturated rings. The number of rotatable bonds is 4. The average Bonchev–Trinajstić information content (AvgIpc) is 3.03. The van der Waals surface area contributed by atoms with Crippen molar-refractivity contribution >= 4 is 21.6 Å². The Hall–Kier alpha value is -1.48. The van der Waals surface area contributed by atoms with Crippen molar-refractivity contribution < 1.29 is 22.7 Å². The molecule has 2 heterocycles. The molecule has 2 aliphatic heterocycles. The zero-order chi connectivity index (χ0) is 17.2. The van der Waals surface area contributed by atoms with E-state index >= 15 is 0 Å². The molecular weight excluding hydrogens is 332 g/mol. The molecule has 0 bridgehead atoms. The molecule has 1 amide bonds. The van der Waals surface area contributed by atoms with Crippen LogP contribution in [0.25, 0.3) is 0 Å². The van der Waals surface area contributed by atoms with Gasteiger partial charge in [-0.2, -0.15) is 4.31 Å². The second kappa shape index (κ2) is 6.79. The summed E-state index contributed by atoms with van der Waals surface area (Å²) in [5.41, 5.74) is 0.589. The SMILES string of the molecule is CCC(=O)Nc1ccc(S(=O)(=O)N2CCC3(CC2)OCCO3)cc1. The highest BCUT2D eigenvalue weighted by Gasteiger charge is 2.42. The largest absolute Gasteiger partial charge is 0.347 e. The van der Waals surface area contributed by atoms with Crippen LogP contribution in [-0.4, -0.2) is 50.7 Å². The first-order valence-electron chi connectivity index (χ1n) is 8.13.